The number of thiol groups is 1. The van der Waals surface area contributed by atoms with Crippen molar-refractivity contribution in [3.8, 4) is 0 Å². The zero-order chi connectivity index (χ0) is 26.1. The smallest absolute Gasteiger partial charge is 0.327 e. The fourth-order valence-electron chi connectivity index (χ4n) is 3.22. The molecule has 2 rings (SSSR count). The zero-order valence-corrected chi connectivity index (χ0v) is 19.3. The number of nitrogens with one attached hydrogen (secondary N) is 4. The summed E-state index contributed by atoms with van der Waals surface area (Å²) in [5.74, 6) is -5.95. The largest absolute Gasteiger partial charge is 0.481 e. The first-order chi connectivity index (χ1) is 16.6. The third-order valence-electron chi connectivity index (χ3n) is 5.08. The highest BCUT2D eigenvalue weighted by atomic mass is 32.1. The van der Waals surface area contributed by atoms with Crippen molar-refractivity contribution >= 4 is 53.2 Å². The minimum absolute atomic E-state index is 0.0965. The number of carboxylic acid groups (broad SMARTS) is 2. The fourth-order valence-corrected chi connectivity index (χ4v) is 3.46. The van der Waals surface area contributed by atoms with Crippen LogP contribution in [0.25, 0.3) is 10.9 Å². The molecule has 0 spiro atoms. The number of hydrogen-bond acceptors (Lipinski definition) is 8. The SMILES string of the molecule is NC(Cc1c[nH]c2ccccc12)C(=O)NC(CC(=O)O)C(=O)NC(CO)C(=O)NC(CS)C(=O)O. The summed E-state index contributed by atoms with van der Waals surface area (Å²) in [6.07, 6.45) is 0.962. The number of hydrogen-bond donors (Lipinski definition) is 9. The van der Waals surface area contributed by atoms with E-state index in [2.05, 4.69) is 33.6 Å². The normalized spacial score (nSPS) is 14.4. The van der Waals surface area contributed by atoms with Crippen LogP contribution in [0.1, 0.15) is 12.0 Å². The van der Waals surface area contributed by atoms with Gasteiger partial charge in [0.05, 0.1) is 19.1 Å². The Balaban J connectivity index is 2.06. The van der Waals surface area contributed by atoms with E-state index in [1.54, 1.807) is 6.20 Å². The maximum absolute atomic E-state index is 12.6. The Bertz CT molecular complexity index is 1090. The number of aliphatic hydroxyl groups excluding tert-OH is 1. The fraction of sp³-hybridized carbons (Fsp3) is 0.381. The molecule has 1 heterocycles. The van der Waals surface area contributed by atoms with Gasteiger partial charge in [-0.2, -0.15) is 12.6 Å². The van der Waals surface area contributed by atoms with Crippen LogP contribution < -0.4 is 21.7 Å². The molecule has 190 valence electrons. The van der Waals surface area contributed by atoms with Crippen LogP contribution in [-0.2, 0) is 30.4 Å². The van der Waals surface area contributed by atoms with Crippen LogP contribution in [0.2, 0.25) is 0 Å². The number of benzene rings is 1. The van der Waals surface area contributed by atoms with Gasteiger partial charge >= 0.3 is 11.9 Å². The molecule has 0 radical (unpaired) electrons. The summed E-state index contributed by atoms with van der Waals surface area (Å²) >= 11 is 3.80. The molecule has 1 aromatic heterocycles. The molecule has 1 aromatic carbocycles. The van der Waals surface area contributed by atoms with Gasteiger partial charge in [0.2, 0.25) is 17.7 Å². The second-order valence-corrected chi connectivity index (χ2v) is 8.02. The Kier molecular flexibility index (Phi) is 10.1. The maximum Gasteiger partial charge on any atom is 0.327 e. The van der Waals surface area contributed by atoms with Crippen LogP contribution in [-0.4, -0.2) is 86.5 Å². The lowest BCUT2D eigenvalue weighted by Gasteiger charge is -2.23. The highest BCUT2D eigenvalue weighted by Crippen LogP contribution is 2.18. The van der Waals surface area contributed by atoms with Crippen molar-refractivity contribution in [2.24, 2.45) is 5.73 Å². The number of aliphatic carboxylic acids is 2. The lowest BCUT2D eigenvalue weighted by Crippen LogP contribution is -2.58. The minimum Gasteiger partial charge on any atom is -0.481 e. The summed E-state index contributed by atoms with van der Waals surface area (Å²) in [5, 5.41) is 34.9. The predicted octanol–water partition coefficient (Wildman–Crippen LogP) is -2.03. The van der Waals surface area contributed by atoms with E-state index in [-0.39, 0.29) is 12.2 Å². The topological polar surface area (TPSA) is 224 Å². The third kappa shape index (κ3) is 7.70. The summed E-state index contributed by atoms with van der Waals surface area (Å²) in [6.45, 7) is -0.912. The molecule has 14 heteroatoms. The first-order valence-electron chi connectivity index (χ1n) is 10.4. The average molecular weight is 510 g/mol. The number of fused-ring (bicyclic) bond motifs is 1. The summed E-state index contributed by atoms with van der Waals surface area (Å²) in [5.41, 5.74) is 7.57. The van der Waals surface area contributed by atoms with Crippen molar-refractivity contribution in [1.29, 1.82) is 0 Å². The summed E-state index contributed by atoms with van der Waals surface area (Å²) in [6, 6.07) is 1.63. The van der Waals surface area contributed by atoms with E-state index in [9.17, 15) is 29.1 Å². The molecule has 0 aliphatic heterocycles. The molecule has 0 aliphatic carbocycles. The highest BCUT2D eigenvalue weighted by Gasteiger charge is 2.31. The number of carboxylic acids is 2. The number of aliphatic hydroxyl groups is 1. The summed E-state index contributed by atoms with van der Waals surface area (Å²) in [7, 11) is 0. The lowest BCUT2D eigenvalue weighted by molar-refractivity contribution is -0.143. The Labute approximate surface area is 204 Å². The Morgan fingerprint density at radius 3 is 2.14 bits per heavy atom. The number of para-hydroxylation sites is 1. The number of aromatic nitrogens is 1. The van der Waals surface area contributed by atoms with Crippen LogP contribution in [0.5, 0.6) is 0 Å². The van der Waals surface area contributed by atoms with E-state index in [4.69, 9.17) is 15.9 Å². The number of rotatable bonds is 13. The molecule has 0 aliphatic rings. The number of carbonyl (C=O) groups excluding carboxylic acids is 3. The summed E-state index contributed by atoms with van der Waals surface area (Å²) < 4.78 is 0. The minimum atomic E-state index is -1.61. The van der Waals surface area contributed by atoms with Crippen LogP contribution in [0.3, 0.4) is 0 Å². The molecular weight excluding hydrogens is 482 g/mol. The molecule has 0 saturated heterocycles. The Morgan fingerprint density at radius 1 is 0.943 bits per heavy atom. The van der Waals surface area contributed by atoms with Crippen molar-refractivity contribution in [2.75, 3.05) is 12.4 Å². The van der Waals surface area contributed by atoms with E-state index in [0.29, 0.717) is 0 Å². The van der Waals surface area contributed by atoms with Crippen molar-refractivity contribution < 1.29 is 39.3 Å². The van der Waals surface area contributed by atoms with Crippen molar-refractivity contribution in [3.05, 3.63) is 36.0 Å². The first-order valence-corrected chi connectivity index (χ1v) is 11.1. The third-order valence-corrected chi connectivity index (χ3v) is 5.44. The molecule has 4 atom stereocenters. The number of aromatic amines is 1. The van der Waals surface area contributed by atoms with Gasteiger partial charge in [0.15, 0.2) is 0 Å². The second kappa shape index (κ2) is 12.7. The van der Waals surface area contributed by atoms with Crippen molar-refractivity contribution in [2.45, 2.75) is 37.0 Å². The molecule has 13 nitrogen and oxygen atoms in total. The van der Waals surface area contributed by atoms with Gasteiger partial charge in [-0.25, -0.2) is 4.79 Å². The molecule has 0 saturated carbocycles. The van der Waals surface area contributed by atoms with E-state index >= 15 is 0 Å². The van der Waals surface area contributed by atoms with Gasteiger partial charge in [0.1, 0.15) is 18.1 Å². The first kappa shape index (κ1) is 27.6. The molecule has 35 heavy (non-hydrogen) atoms. The molecule has 0 bridgehead atoms. The zero-order valence-electron chi connectivity index (χ0n) is 18.4. The van der Waals surface area contributed by atoms with Gasteiger partial charge in [0.25, 0.3) is 0 Å². The highest BCUT2D eigenvalue weighted by molar-refractivity contribution is 7.80. The quantitative estimate of drug-likeness (QED) is 0.136. The molecule has 4 unspecified atom stereocenters. The molecular formula is C21H27N5O8S. The molecule has 9 N–H and O–H groups in total. The molecule has 3 amide bonds. The van der Waals surface area contributed by atoms with Crippen molar-refractivity contribution in [1.82, 2.24) is 20.9 Å². The van der Waals surface area contributed by atoms with Gasteiger partial charge in [0, 0.05) is 22.9 Å². The maximum atomic E-state index is 12.6. The van der Waals surface area contributed by atoms with Crippen LogP contribution >= 0.6 is 12.6 Å². The van der Waals surface area contributed by atoms with Gasteiger partial charge < -0.3 is 42.0 Å². The van der Waals surface area contributed by atoms with E-state index < -0.39 is 66.9 Å². The van der Waals surface area contributed by atoms with Crippen LogP contribution in [0, 0.1) is 0 Å². The number of amides is 3. The Morgan fingerprint density at radius 2 is 1.54 bits per heavy atom. The van der Waals surface area contributed by atoms with E-state index in [1.165, 1.54) is 0 Å². The monoisotopic (exact) mass is 509 g/mol. The number of carbonyl (C=O) groups is 5. The standard InChI is InChI=1S/C21H27N5O8S/c22-12(5-10-7-23-13-4-2-1-3-11(10)13)18(30)24-14(6-17(28)29)19(31)25-15(8-27)20(32)26-16(9-35)21(33)34/h1-4,7,12,14-16,23,27,35H,5-6,8-9,22H2,(H,24,30)(H,25,31)(H,26,32)(H,28,29)(H,33,34). The van der Waals surface area contributed by atoms with Gasteiger partial charge in [-0.3, -0.25) is 19.2 Å². The Hall–Kier alpha value is -3.62. The van der Waals surface area contributed by atoms with Crippen LogP contribution in [0.15, 0.2) is 30.5 Å². The number of nitrogens with two attached hydrogens (primary N) is 1. The molecule has 0 fully saturated rings. The predicted molar refractivity (Wildman–Crippen MR) is 127 cm³/mol. The second-order valence-electron chi connectivity index (χ2n) is 7.65. The summed E-state index contributed by atoms with van der Waals surface area (Å²) in [4.78, 5) is 62.9. The number of H-pyrrole nitrogens is 1. The average Bonchev–Trinajstić information content (AvgIpc) is 3.22. The van der Waals surface area contributed by atoms with Gasteiger partial charge in [-0.05, 0) is 18.1 Å². The molecule has 2 aromatic rings. The van der Waals surface area contributed by atoms with E-state index in [0.717, 1.165) is 16.5 Å². The van der Waals surface area contributed by atoms with Crippen molar-refractivity contribution in [3.63, 3.8) is 0 Å². The van der Waals surface area contributed by atoms with Gasteiger partial charge in [-0.15, -0.1) is 0 Å². The lowest BCUT2D eigenvalue weighted by atomic mass is 10.0. The van der Waals surface area contributed by atoms with E-state index in [1.807, 2.05) is 24.3 Å². The van der Waals surface area contributed by atoms with Crippen LogP contribution in [0.4, 0.5) is 0 Å². The van der Waals surface area contributed by atoms with Gasteiger partial charge in [-0.1, -0.05) is 18.2 Å².